The first kappa shape index (κ1) is 11.4. The van der Waals surface area contributed by atoms with Gasteiger partial charge in [-0.1, -0.05) is 35.9 Å². The minimum atomic E-state index is -0.266. The molecule has 1 aromatic rings. The van der Waals surface area contributed by atoms with Crippen LogP contribution in [-0.2, 0) is 6.42 Å². The van der Waals surface area contributed by atoms with Gasteiger partial charge in [0, 0.05) is 12.1 Å². The second kappa shape index (κ2) is 4.40. The fraction of sp³-hybridized carbons (Fsp3) is 0.429. The first-order valence-electron chi connectivity index (χ1n) is 5.87. The summed E-state index contributed by atoms with van der Waals surface area (Å²) in [6.45, 7) is 2.56. The zero-order chi connectivity index (χ0) is 11.6. The molecule has 0 aliphatic heterocycles. The van der Waals surface area contributed by atoms with E-state index in [1.165, 1.54) is 16.7 Å². The summed E-state index contributed by atoms with van der Waals surface area (Å²) in [6, 6.07) is 8.56. The number of benzene rings is 1. The van der Waals surface area contributed by atoms with Crippen molar-refractivity contribution in [2.24, 2.45) is 11.5 Å². The highest BCUT2D eigenvalue weighted by Gasteiger charge is 2.20. The van der Waals surface area contributed by atoms with Gasteiger partial charge in [-0.15, -0.1) is 0 Å². The Morgan fingerprint density at radius 2 is 2.00 bits per heavy atom. The van der Waals surface area contributed by atoms with Crippen LogP contribution in [-0.4, -0.2) is 12.1 Å². The molecule has 2 heteroatoms. The van der Waals surface area contributed by atoms with Crippen molar-refractivity contribution in [3.8, 4) is 0 Å². The molecule has 2 rings (SSSR count). The number of aryl methyl sites for hydroxylation is 1. The van der Waals surface area contributed by atoms with Gasteiger partial charge in [0.25, 0.3) is 0 Å². The van der Waals surface area contributed by atoms with Crippen molar-refractivity contribution in [3.63, 3.8) is 0 Å². The fourth-order valence-electron chi connectivity index (χ4n) is 2.22. The smallest absolute Gasteiger partial charge is 0.0287 e. The summed E-state index contributed by atoms with van der Waals surface area (Å²) in [7, 11) is 0. The van der Waals surface area contributed by atoms with Crippen molar-refractivity contribution in [2.45, 2.75) is 31.7 Å². The molecule has 86 valence electrons. The van der Waals surface area contributed by atoms with Gasteiger partial charge >= 0.3 is 0 Å². The van der Waals surface area contributed by atoms with Crippen molar-refractivity contribution in [2.75, 3.05) is 6.54 Å². The van der Waals surface area contributed by atoms with Gasteiger partial charge in [0.15, 0.2) is 0 Å². The van der Waals surface area contributed by atoms with E-state index in [0.29, 0.717) is 6.54 Å². The van der Waals surface area contributed by atoms with Crippen LogP contribution in [0.15, 0.2) is 29.8 Å². The molecule has 1 aliphatic carbocycles. The highest BCUT2D eigenvalue weighted by Crippen LogP contribution is 2.27. The summed E-state index contributed by atoms with van der Waals surface area (Å²) < 4.78 is 0. The average molecular weight is 216 g/mol. The van der Waals surface area contributed by atoms with E-state index in [0.717, 1.165) is 19.3 Å². The standard InChI is InChI=1S/C14H20N2/c1-14(16,10-15)9-11-6-7-12-4-2-3-5-13(12)8-11/h2-5,8H,6-7,9-10,15-16H2,1H3. The molecular weight excluding hydrogens is 196 g/mol. The van der Waals surface area contributed by atoms with E-state index in [1.807, 2.05) is 6.92 Å². The van der Waals surface area contributed by atoms with Gasteiger partial charge < -0.3 is 11.5 Å². The van der Waals surface area contributed by atoms with Crippen molar-refractivity contribution >= 4 is 6.08 Å². The summed E-state index contributed by atoms with van der Waals surface area (Å²) in [5, 5.41) is 0. The van der Waals surface area contributed by atoms with E-state index in [4.69, 9.17) is 11.5 Å². The van der Waals surface area contributed by atoms with E-state index in [-0.39, 0.29) is 5.54 Å². The number of hydrogen-bond donors (Lipinski definition) is 2. The topological polar surface area (TPSA) is 52.0 Å². The van der Waals surface area contributed by atoms with E-state index >= 15 is 0 Å². The van der Waals surface area contributed by atoms with E-state index in [2.05, 4.69) is 30.3 Å². The van der Waals surface area contributed by atoms with Crippen LogP contribution >= 0.6 is 0 Å². The lowest BCUT2D eigenvalue weighted by Crippen LogP contribution is -2.44. The molecule has 1 atom stereocenters. The zero-order valence-electron chi connectivity index (χ0n) is 9.87. The van der Waals surface area contributed by atoms with Crippen LogP contribution in [0.4, 0.5) is 0 Å². The summed E-state index contributed by atoms with van der Waals surface area (Å²) in [6.07, 6.45) is 5.42. The largest absolute Gasteiger partial charge is 0.329 e. The van der Waals surface area contributed by atoms with Gasteiger partial charge in [-0.05, 0) is 37.3 Å². The van der Waals surface area contributed by atoms with Crippen LogP contribution < -0.4 is 11.5 Å². The Kier molecular flexibility index (Phi) is 3.13. The number of rotatable bonds is 3. The maximum Gasteiger partial charge on any atom is 0.0287 e. The maximum atomic E-state index is 6.10. The van der Waals surface area contributed by atoms with E-state index < -0.39 is 0 Å². The Bertz CT molecular complexity index is 405. The van der Waals surface area contributed by atoms with Crippen LogP contribution in [0.5, 0.6) is 0 Å². The van der Waals surface area contributed by atoms with Crippen molar-refractivity contribution in [1.29, 1.82) is 0 Å². The normalized spacial score (nSPS) is 18.6. The number of fused-ring (bicyclic) bond motifs is 1. The molecule has 1 unspecified atom stereocenters. The lowest BCUT2D eigenvalue weighted by molar-refractivity contribution is 0.470. The fourth-order valence-corrected chi connectivity index (χ4v) is 2.22. The van der Waals surface area contributed by atoms with Gasteiger partial charge in [-0.25, -0.2) is 0 Å². The van der Waals surface area contributed by atoms with Gasteiger partial charge in [0.2, 0.25) is 0 Å². The third-order valence-electron chi connectivity index (χ3n) is 3.23. The Labute approximate surface area is 97.3 Å². The molecule has 16 heavy (non-hydrogen) atoms. The predicted molar refractivity (Wildman–Crippen MR) is 69.0 cm³/mol. The SMILES string of the molecule is CC(N)(CN)CC1=Cc2ccccc2CC1. The monoisotopic (exact) mass is 216 g/mol. The number of nitrogens with two attached hydrogens (primary N) is 2. The highest BCUT2D eigenvalue weighted by molar-refractivity contribution is 5.59. The second-order valence-electron chi connectivity index (χ2n) is 5.04. The molecule has 0 bridgehead atoms. The third-order valence-corrected chi connectivity index (χ3v) is 3.23. The van der Waals surface area contributed by atoms with Gasteiger partial charge in [-0.3, -0.25) is 0 Å². The molecule has 1 aromatic carbocycles. The Morgan fingerprint density at radius 3 is 2.75 bits per heavy atom. The average Bonchev–Trinajstić information content (AvgIpc) is 2.28. The molecule has 0 heterocycles. The molecular formula is C14H20N2. The van der Waals surface area contributed by atoms with Crippen LogP contribution in [0.3, 0.4) is 0 Å². The van der Waals surface area contributed by atoms with Crippen molar-refractivity contribution < 1.29 is 0 Å². The summed E-state index contributed by atoms with van der Waals surface area (Å²) in [4.78, 5) is 0. The van der Waals surface area contributed by atoms with Crippen molar-refractivity contribution in [3.05, 3.63) is 41.0 Å². The minimum Gasteiger partial charge on any atom is -0.329 e. The summed E-state index contributed by atoms with van der Waals surface area (Å²) >= 11 is 0. The minimum absolute atomic E-state index is 0.266. The molecule has 1 aliphatic rings. The van der Waals surface area contributed by atoms with Gasteiger partial charge in [0.1, 0.15) is 0 Å². The Balaban J connectivity index is 2.18. The molecule has 2 nitrogen and oxygen atoms in total. The lowest BCUT2D eigenvalue weighted by Gasteiger charge is -2.26. The molecule has 0 amide bonds. The van der Waals surface area contributed by atoms with Crippen LogP contribution in [0.25, 0.3) is 6.08 Å². The van der Waals surface area contributed by atoms with Gasteiger partial charge in [0.05, 0.1) is 0 Å². The second-order valence-corrected chi connectivity index (χ2v) is 5.04. The highest BCUT2D eigenvalue weighted by atomic mass is 14.8. The quantitative estimate of drug-likeness (QED) is 0.812. The molecule has 0 aromatic heterocycles. The third kappa shape index (κ3) is 2.52. The summed E-state index contributed by atoms with van der Waals surface area (Å²) in [5.74, 6) is 0. The zero-order valence-corrected chi connectivity index (χ0v) is 9.87. The first-order valence-corrected chi connectivity index (χ1v) is 5.87. The Morgan fingerprint density at radius 1 is 1.25 bits per heavy atom. The first-order chi connectivity index (χ1) is 7.61. The molecule has 4 N–H and O–H groups in total. The molecule has 0 radical (unpaired) electrons. The van der Waals surface area contributed by atoms with Crippen molar-refractivity contribution in [1.82, 2.24) is 0 Å². The molecule has 0 spiro atoms. The molecule has 0 saturated heterocycles. The Hall–Kier alpha value is -1.12. The molecule has 0 fully saturated rings. The number of hydrogen-bond acceptors (Lipinski definition) is 2. The summed E-state index contributed by atoms with van der Waals surface area (Å²) in [5.41, 5.74) is 15.7. The lowest BCUT2D eigenvalue weighted by atomic mass is 9.85. The van der Waals surface area contributed by atoms with Gasteiger partial charge in [-0.2, -0.15) is 0 Å². The van der Waals surface area contributed by atoms with Crippen LogP contribution in [0.2, 0.25) is 0 Å². The van der Waals surface area contributed by atoms with E-state index in [9.17, 15) is 0 Å². The van der Waals surface area contributed by atoms with Crippen LogP contribution in [0.1, 0.15) is 30.9 Å². The molecule has 0 saturated carbocycles. The van der Waals surface area contributed by atoms with Crippen LogP contribution in [0, 0.1) is 0 Å². The predicted octanol–water partition coefficient (Wildman–Crippen LogP) is 2.08. The van der Waals surface area contributed by atoms with E-state index in [1.54, 1.807) is 0 Å². The maximum absolute atomic E-state index is 6.10.